The van der Waals surface area contributed by atoms with E-state index in [-0.39, 0.29) is 36.5 Å². The van der Waals surface area contributed by atoms with Gasteiger partial charge in [0.2, 0.25) is 11.8 Å². The molecule has 2 aromatic carbocycles. The second-order valence-corrected chi connectivity index (χ2v) is 8.18. The fourth-order valence-electron chi connectivity index (χ4n) is 3.09. The number of nitrogens with one attached hydrogen (secondary N) is 3. The number of hydrogen-bond donors (Lipinski definition) is 8. The van der Waals surface area contributed by atoms with E-state index in [2.05, 4.69) is 20.9 Å². The molecule has 4 amide bonds. The van der Waals surface area contributed by atoms with E-state index in [9.17, 15) is 19.5 Å². The summed E-state index contributed by atoms with van der Waals surface area (Å²) in [5, 5.41) is 24.9. The maximum Gasteiger partial charge on any atom is 0.312 e. The highest BCUT2D eigenvalue weighted by molar-refractivity contribution is 5.88. The van der Waals surface area contributed by atoms with Gasteiger partial charge in [0.15, 0.2) is 5.96 Å². The first-order valence-electron chi connectivity index (χ1n) is 11.7. The van der Waals surface area contributed by atoms with Crippen LogP contribution < -0.4 is 33.2 Å². The van der Waals surface area contributed by atoms with Crippen molar-refractivity contribution in [1.82, 2.24) is 16.0 Å². The van der Waals surface area contributed by atoms with Crippen molar-refractivity contribution in [3.63, 3.8) is 0 Å². The summed E-state index contributed by atoms with van der Waals surface area (Å²) in [4.78, 5) is 49.0. The Kier molecular flexibility index (Phi) is 13.8. The van der Waals surface area contributed by atoms with Gasteiger partial charge in [0.1, 0.15) is 11.8 Å². The number of carbonyl (C=O) groups excluding carboxylic acids is 3. The van der Waals surface area contributed by atoms with Crippen molar-refractivity contribution < 1.29 is 29.4 Å². The quantitative estimate of drug-likeness (QED) is 0.106. The van der Waals surface area contributed by atoms with Crippen LogP contribution in [0.4, 0.5) is 4.79 Å². The van der Waals surface area contributed by atoms with Gasteiger partial charge < -0.3 is 43.4 Å². The number of hydrogen-bond acceptors (Lipinski definition) is 6. The van der Waals surface area contributed by atoms with E-state index in [1.165, 1.54) is 12.1 Å². The van der Waals surface area contributed by atoms with Gasteiger partial charge in [0, 0.05) is 26.6 Å². The van der Waals surface area contributed by atoms with E-state index in [1.807, 2.05) is 24.3 Å². The van der Waals surface area contributed by atoms with Crippen molar-refractivity contribution in [2.24, 2.45) is 22.2 Å². The van der Waals surface area contributed by atoms with Gasteiger partial charge in [-0.1, -0.05) is 36.4 Å². The van der Waals surface area contributed by atoms with E-state index in [0.717, 1.165) is 18.1 Å². The molecule has 206 valence electrons. The molecule has 38 heavy (non-hydrogen) atoms. The second-order valence-electron chi connectivity index (χ2n) is 8.18. The Bertz CT molecular complexity index is 1080. The van der Waals surface area contributed by atoms with Gasteiger partial charge in [0.25, 0.3) is 5.97 Å². The number of carbonyl (C=O) groups is 4. The van der Waals surface area contributed by atoms with E-state index in [0.29, 0.717) is 31.5 Å². The van der Waals surface area contributed by atoms with Crippen LogP contribution in [0.2, 0.25) is 0 Å². The molecular weight excluding hydrogens is 494 g/mol. The molecule has 0 aliphatic heterocycles. The smallest absolute Gasteiger partial charge is 0.312 e. The largest absolute Gasteiger partial charge is 0.508 e. The van der Waals surface area contributed by atoms with Gasteiger partial charge in [-0.2, -0.15) is 0 Å². The first-order chi connectivity index (χ1) is 18.0. The molecular formula is C25H35N7O6. The molecule has 0 aromatic heterocycles. The molecule has 0 unspecified atom stereocenters. The van der Waals surface area contributed by atoms with Crippen LogP contribution in [0.5, 0.6) is 5.75 Å². The summed E-state index contributed by atoms with van der Waals surface area (Å²) in [5.41, 5.74) is 18.2. The second kappa shape index (κ2) is 16.8. The molecule has 13 nitrogen and oxygen atoms in total. The number of nitrogens with zero attached hydrogens (tertiary/aromatic N) is 1. The molecule has 0 bridgehead atoms. The highest BCUT2D eigenvalue weighted by Crippen LogP contribution is 2.10. The Balaban J connectivity index is 0.00000168. The van der Waals surface area contributed by atoms with Gasteiger partial charge in [0.05, 0.1) is 6.42 Å². The summed E-state index contributed by atoms with van der Waals surface area (Å²) in [7, 11) is 0. The summed E-state index contributed by atoms with van der Waals surface area (Å²) in [6, 6.07) is 12.2. The zero-order valence-corrected chi connectivity index (χ0v) is 21.1. The molecule has 1 atom stereocenters. The van der Waals surface area contributed by atoms with Crippen LogP contribution in [0.15, 0.2) is 53.5 Å². The van der Waals surface area contributed by atoms with Crippen molar-refractivity contribution in [3.05, 3.63) is 65.2 Å². The van der Waals surface area contributed by atoms with Gasteiger partial charge in [-0.3, -0.25) is 19.4 Å². The Morgan fingerprint density at radius 1 is 0.868 bits per heavy atom. The number of rotatable bonds is 12. The summed E-state index contributed by atoms with van der Waals surface area (Å²) in [5.74, 6) is -1.41. The lowest BCUT2D eigenvalue weighted by atomic mass is 10.1. The lowest BCUT2D eigenvalue weighted by Crippen LogP contribution is -2.47. The molecule has 2 aromatic rings. The number of carboxylic acid groups (broad SMARTS) is 1. The van der Waals surface area contributed by atoms with Gasteiger partial charge in [-0.25, -0.2) is 4.79 Å². The van der Waals surface area contributed by atoms with Gasteiger partial charge in [-0.15, -0.1) is 0 Å². The van der Waals surface area contributed by atoms with Crippen LogP contribution in [-0.4, -0.2) is 52.6 Å². The molecule has 0 aliphatic rings. The third-order valence-corrected chi connectivity index (χ3v) is 4.85. The standard InChI is InChI=1S/C23H31N7O4.C2H4O2/c24-22(25)27-11-1-2-19(30-20(32)12-15-7-9-18(31)10-8-15)21(33)28-13-16-3-5-17(6-4-16)14-29-23(26)34;1-2(3)4/h3-10,19,31H,1-2,11-14H2,(H,28,33)(H,30,32)(H4,24,25,27)(H3,26,29,34);1H3,(H,3,4)/t19-;/m1./s1. The molecule has 0 saturated carbocycles. The molecule has 0 saturated heterocycles. The number of urea groups is 1. The predicted octanol–water partition coefficient (Wildman–Crippen LogP) is 0.0487. The molecule has 13 heteroatoms. The number of phenols is 1. The number of aromatic hydroxyl groups is 1. The molecule has 2 rings (SSSR count). The fourth-order valence-corrected chi connectivity index (χ4v) is 3.09. The molecule has 0 heterocycles. The summed E-state index contributed by atoms with van der Waals surface area (Å²) in [6.45, 7) is 1.99. The summed E-state index contributed by atoms with van der Waals surface area (Å²) in [6.07, 6.45) is 0.914. The van der Waals surface area contributed by atoms with Crippen molar-refractivity contribution in [1.29, 1.82) is 0 Å². The Morgan fingerprint density at radius 3 is 1.87 bits per heavy atom. The lowest BCUT2D eigenvalue weighted by molar-refractivity contribution is -0.134. The minimum absolute atomic E-state index is 0.0353. The first kappa shape index (κ1) is 31.2. The summed E-state index contributed by atoms with van der Waals surface area (Å²) < 4.78 is 0. The van der Waals surface area contributed by atoms with Crippen molar-refractivity contribution >= 4 is 29.8 Å². The van der Waals surface area contributed by atoms with Crippen LogP contribution >= 0.6 is 0 Å². The van der Waals surface area contributed by atoms with Crippen molar-refractivity contribution in [3.8, 4) is 5.75 Å². The zero-order valence-electron chi connectivity index (χ0n) is 21.1. The number of primary amides is 1. The van der Waals surface area contributed by atoms with Gasteiger partial charge >= 0.3 is 6.03 Å². The Hall–Kier alpha value is -4.81. The number of aliphatic carboxylic acids is 1. The van der Waals surface area contributed by atoms with Crippen LogP contribution in [0, 0.1) is 0 Å². The molecule has 0 fully saturated rings. The van der Waals surface area contributed by atoms with Crippen molar-refractivity contribution in [2.45, 2.75) is 45.3 Å². The number of nitrogens with two attached hydrogens (primary N) is 3. The summed E-state index contributed by atoms with van der Waals surface area (Å²) >= 11 is 0. The van der Waals surface area contributed by atoms with Gasteiger partial charge in [-0.05, 0) is 41.7 Å². The predicted molar refractivity (Wildman–Crippen MR) is 142 cm³/mol. The number of benzene rings is 2. The van der Waals surface area contributed by atoms with Crippen LogP contribution in [0.1, 0.15) is 36.5 Å². The third-order valence-electron chi connectivity index (χ3n) is 4.85. The average molecular weight is 530 g/mol. The Morgan fingerprint density at radius 2 is 1.37 bits per heavy atom. The van der Waals surface area contributed by atoms with E-state index >= 15 is 0 Å². The molecule has 0 spiro atoms. The highest BCUT2D eigenvalue weighted by atomic mass is 16.4. The number of phenolic OH excluding ortho intramolecular Hbond substituents is 1. The zero-order chi connectivity index (χ0) is 28.5. The normalized spacial score (nSPS) is 10.7. The average Bonchev–Trinajstić information content (AvgIpc) is 2.84. The fraction of sp³-hybridized carbons (Fsp3) is 0.320. The van der Waals surface area contributed by atoms with Crippen LogP contribution in [0.3, 0.4) is 0 Å². The maximum atomic E-state index is 12.8. The van der Waals surface area contributed by atoms with E-state index in [1.54, 1.807) is 12.1 Å². The maximum absolute atomic E-state index is 12.8. The number of amides is 4. The van der Waals surface area contributed by atoms with Crippen LogP contribution in [0.25, 0.3) is 0 Å². The topological polar surface area (TPSA) is 235 Å². The molecule has 11 N–H and O–H groups in total. The first-order valence-corrected chi connectivity index (χ1v) is 11.7. The van der Waals surface area contributed by atoms with E-state index < -0.39 is 18.0 Å². The molecule has 0 radical (unpaired) electrons. The third kappa shape index (κ3) is 14.6. The number of guanidine groups is 1. The van der Waals surface area contributed by atoms with E-state index in [4.69, 9.17) is 27.1 Å². The van der Waals surface area contributed by atoms with Crippen molar-refractivity contribution in [2.75, 3.05) is 6.54 Å². The Labute approximate surface area is 220 Å². The monoisotopic (exact) mass is 529 g/mol. The SMILES string of the molecule is CC(=O)O.NC(=O)NCc1ccc(CNC(=O)[C@@H](CCCN=C(N)N)NC(=O)Cc2ccc(O)cc2)cc1. The number of carboxylic acids is 1. The lowest BCUT2D eigenvalue weighted by Gasteiger charge is -2.18. The molecule has 0 aliphatic carbocycles. The van der Waals surface area contributed by atoms with Crippen LogP contribution in [-0.2, 0) is 33.9 Å². The highest BCUT2D eigenvalue weighted by Gasteiger charge is 2.20. The minimum Gasteiger partial charge on any atom is -0.508 e. The minimum atomic E-state index is -0.833. The number of aliphatic imine (C=N–C) groups is 1.